The fourth-order valence-electron chi connectivity index (χ4n) is 2.50. The zero-order valence-electron chi connectivity index (χ0n) is 12.6. The van der Waals surface area contributed by atoms with Crippen LogP contribution in [-0.2, 0) is 4.74 Å². The lowest BCUT2D eigenvalue weighted by atomic mass is 9.85. The third-order valence-corrected chi connectivity index (χ3v) is 3.60. The molecule has 1 aliphatic carbocycles. The molecule has 2 rings (SSSR count). The van der Waals surface area contributed by atoms with E-state index in [0.717, 1.165) is 30.9 Å². The molecule has 4 nitrogen and oxygen atoms in total. The van der Waals surface area contributed by atoms with Gasteiger partial charge in [-0.25, -0.2) is 0 Å². The molecular formula is C16H25NO3. The lowest BCUT2D eigenvalue weighted by Gasteiger charge is -2.43. The van der Waals surface area contributed by atoms with Gasteiger partial charge in [-0.2, -0.15) is 0 Å². The summed E-state index contributed by atoms with van der Waals surface area (Å²) in [5.41, 5.74) is 0. The minimum absolute atomic E-state index is 0.132. The van der Waals surface area contributed by atoms with Crippen molar-refractivity contribution in [2.24, 2.45) is 0 Å². The van der Waals surface area contributed by atoms with Gasteiger partial charge in [0.1, 0.15) is 23.7 Å². The molecule has 1 aromatic carbocycles. The summed E-state index contributed by atoms with van der Waals surface area (Å²) in [6, 6.07) is 8.18. The first-order valence-corrected chi connectivity index (χ1v) is 7.44. The topological polar surface area (TPSA) is 39.7 Å². The van der Waals surface area contributed by atoms with Gasteiger partial charge in [0.15, 0.2) is 0 Å². The van der Waals surface area contributed by atoms with Crippen molar-refractivity contribution in [2.45, 2.75) is 44.9 Å². The fraction of sp³-hybridized carbons (Fsp3) is 0.625. The Morgan fingerprint density at radius 3 is 2.45 bits per heavy atom. The summed E-state index contributed by atoms with van der Waals surface area (Å²) >= 11 is 0. The van der Waals surface area contributed by atoms with Crippen LogP contribution in [0.4, 0.5) is 0 Å². The Bertz CT molecular complexity index is 393. The van der Waals surface area contributed by atoms with Gasteiger partial charge in [0, 0.05) is 19.6 Å². The van der Waals surface area contributed by atoms with Crippen LogP contribution >= 0.6 is 0 Å². The van der Waals surface area contributed by atoms with Crippen LogP contribution in [0.2, 0.25) is 0 Å². The molecule has 0 spiro atoms. The van der Waals surface area contributed by atoms with Crippen LogP contribution in [0.1, 0.15) is 26.7 Å². The molecule has 0 heterocycles. The van der Waals surface area contributed by atoms with E-state index in [2.05, 4.69) is 12.2 Å². The van der Waals surface area contributed by atoms with Crippen molar-refractivity contribution < 1.29 is 14.2 Å². The van der Waals surface area contributed by atoms with Crippen molar-refractivity contribution in [1.82, 2.24) is 5.32 Å². The molecule has 1 aromatic rings. The lowest BCUT2D eigenvalue weighted by molar-refractivity contribution is -0.0887. The van der Waals surface area contributed by atoms with Gasteiger partial charge in [0.25, 0.3) is 0 Å². The highest BCUT2D eigenvalue weighted by Gasteiger charge is 2.42. The quantitative estimate of drug-likeness (QED) is 0.794. The number of ether oxygens (including phenoxy) is 3. The van der Waals surface area contributed by atoms with Crippen molar-refractivity contribution in [1.29, 1.82) is 0 Å². The first-order valence-electron chi connectivity index (χ1n) is 7.44. The second kappa shape index (κ2) is 7.50. The van der Waals surface area contributed by atoms with E-state index >= 15 is 0 Å². The minimum atomic E-state index is 0.132. The summed E-state index contributed by atoms with van der Waals surface area (Å²) in [6.45, 7) is 5.85. The molecule has 1 fully saturated rings. The minimum Gasteiger partial charge on any atom is -0.494 e. The largest absolute Gasteiger partial charge is 0.494 e. The fourth-order valence-corrected chi connectivity index (χ4v) is 2.50. The molecule has 3 atom stereocenters. The average Bonchev–Trinajstić information content (AvgIpc) is 2.44. The maximum Gasteiger partial charge on any atom is 0.128 e. The Labute approximate surface area is 121 Å². The molecule has 112 valence electrons. The number of methoxy groups -OCH3 is 1. The van der Waals surface area contributed by atoms with Gasteiger partial charge >= 0.3 is 0 Å². The number of nitrogens with one attached hydrogen (secondary N) is 1. The van der Waals surface area contributed by atoms with Gasteiger partial charge in [0.2, 0.25) is 0 Å². The highest BCUT2D eigenvalue weighted by molar-refractivity contribution is 5.31. The molecule has 0 aliphatic heterocycles. The van der Waals surface area contributed by atoms with Gasteiger partial charge in [-0.3, -0.25) is 0 Å². The van der Waals surface area contributed by atoms with E-state index < -0.39 is 0 Å². The maximum atomic E-state index is 5.98. The maximum absolute atomic E-state index is 5.98. The smallest absolute Gasteiger partial charge is 0.128 e. The number of hydrogen-bond donors (Lipinski definition) is 1. The van der Waals surface area contributed by atoms with Crippen LogP contribution in [0.15, 0.2) is 24.3 Å². The molecule has 0 radical (unpaired) electrons. The SMILES string of the molecule is CCCNC1CC(Oc2ccc(OCC)cc2)C1OC. The Morgan fingerprint density at radius 1 is 1.15 bits per heavy atom. The summed E-state index contributed by atoms with van der Waals surface area (Å²) in [5, 5.41) is 3.49. The molecule has 1 N–H and O–H groups in total. The Kier molecular flexibility index (Phi) is 5.68. The predicted octanol–water partition coefficient (Wildman–Crippen LogP) is 2.62. The molecule has 1 aliphatic rings. The van der Waals surface area contributed by atoms with Gasteiger partial charge in [-0.1, -0.05) is 6.92 Å². The summed E-state index contributed by atoms with van der Waals surface area (Å²) < 4.78 is 16.9. The number of benzene rings is 1. The molecule has 20 heavy (non-hydrogen) atoms. The third-order valence-electron chi connectivity index (χ3n) is 3.60. The van der Waals surface area contributed by atoms with Crippen LogP contribution in [0.25, 0.3) is 0 Å². The van der Waals surface area contributed by atoms with E-state index in [0.29, 0.717) is 12.6 Å². The summed E-state index contributed by atoms with van der Waals surface area (Å²) in [7, 11) is 1.75. The van der Waals surface area contributed by atoms with E-state index in [4.69, 9.17) is 14.2 Å². The number of rotatable bonds is 8. The lowest BCUT2D eigenvalue weighted by Crippen LogP contribution is -2.61. The first kappa shape index (κ1) is 15.1. The molecular weight excluding hydrogens is 254 g/mol. The zero-order valence-corrected chi connectivity index (χ0v) is 12.6. The van der Waals surface area contributed by atoms with E-state index in [1.54, 1.807) is 7.11 Å². The molecule has 3 unspecified atom stereocenters. The van der Waals surface area contributed by atoms with E-state index in [9.17, 15) is 0 Å². The van der Waals surface area contributed by atoms with E-state index in [1.807, 2.05) is 31.2 Å². The second-order valence-electron chi connectivity index (χ2n) is 5.06. The monoisotopic (exact) mass is 279 g/mol. The van der Waals surface area contributed by atoms with Crippen LogP contribution in [0.3, 0.4) is 0 Å². The van der Waals surface area contributed by atoms with Gasteiger partial charge < -0.3 is 19.5 Å². The molecule has 0 bridgehead atoms. The summed E-state index contributed by atoms with van der Waals surface area (Å²) in [6.07, 6.45) is 2.39. The Hall–Kier alpha value is -1.26. The molecule has 1 saturated carbocycles. The van der Waals surface area contributed by atoms with Crippen LogP contribution < -0.4 is 14.8 Å². The normalized spacial score (nSPS) is 25.1. The van der Waals surface area contributed by atoms with Crippen LogP contribution in [-0.4, -0.2) is 38.5 Å². The van der Waals surface area contributed by atoms with Crippen molar-refractivity contribution >= 4 is 0 Å². The second-order valence-corrected chi connectivity index (χ2v) is 5.06. The summed E-state index contributed by atoms with van der Waals surface area (Å²) in [4.78, 5) is 0. The van der Waals surface area contributed by atoms with Crippen LogP contribution in [0, 0.1) is 0 Å². The van der Waals surface area contributed by atoms with Crippen molar-refractivity contribution in [3.8, 4) is 11.5 Å². The zero-order chi connectivity index (χ0) is 14.4. The molecule has 4 heteroatoms. The molecule has 0 amide bonds. The highest BCUT2D eigenvalue weighted by Crippen LogP contribution is 2.29. The third kappa shape index (κ3) is 3.64. The highest BCUT2D eigenvalue weighted by atomic mass is 16.5. The average molecular weight is 279 g/mol. The van der Waals surface area contributed by atoms with Crippen LogP contribution in [0.5, 0.6) is 11.5 Å². The van der Waals surface area contributed by atoms with Gasteiger partial charge in [-0.05, 0) is 44.2 Å². The van der Waals surface area contributed by atoms with Crippen molar-refractivity contribution in [3.63, 3.8) is 0 Å². The van der Waals surface area contributed by atoms with Gasteiger partial charge in [0.05, 0.1) is 6.61 Å². The summed E-state index contributed by atoms with van der Waals surface area (Å²) in [5.74, 6) is 1.74. The number of hydrogen-bond acceptors (Lipinski definition) is 4. The molecule has 0 aromatic heterocycles. The van der Waals surface area contributed by atoms with Crippen molar-refractivity contribution in [2.75, 3.05) is 20.3 Å². The first-order chi connectivity index (χ1) is 9.78. The predicted molar refractivity (Wildman–Crippen MR) is 79.5 cm³/mol. The standard InChI is InChI=1S/C16H25NO3/c1-4-10-17-14-11-15(16(14)18-3)20-13-8-6-12(7-9-13)19-5-2/h6-9,14-17H,4-5,10-11H2,1-3H3. The Balaban J connectivity index is 1.84. The van der Waals surface area contributed by atoms with Gasteiger partial charge in [-0.15, -0.1) is 0 Å². The van der Waals surface area contributed by atoms with E-state index in [-0.39, 0.29) is 12.2 Å². The van der Waals surface area contributed by atoms with E-state index in [1.165, 1.54) is 0 Å². The molecule has 0 saturated heterocycles. The Morgan fingerprint density at radius 2 is 1.85 bits per heavy atom. The van der Waals surface area contributed by atoms with Crippen molar-refractivity contribution in [3.05, 3.63) is 24.3 Å².